The lowest BCUT2D eigenvalue weighted by atomic mass is 10.2. The quantitative estimate of drug-likeness (QED) is 0.900. The fourth-order valence-corrected chi connectivity index (χ4v) is 1.76. The van der Waals surface area contributed by atoms with Crippen molar-refractivity contribution in [3.63, 3.8) is 0 Å². The molecule has 0 aliphatic carbocycles. The SMILES string of the molecule is C[C@H](NCc1cccc(OC(F)(F)F)c1)c1ccco1. The lowest BCUT2D eigenvalue weighted by Gasteiger charge is -2.13. The number of rotatable bonds is 5. The Morgan fingerprint density at radius 1 is 1.25 bits per heavy atom. The second kappa shape index (κ2) is 6.00. The van der Waals surface area contributed by atoms with Crippen LogP contribution in [-0.4, -0.2) is 6.36 Å². The highest BCUT2D eigenvalue weighted by molar-refractivity contribution is 5.28. The molecule has 2 aromatic rings. The number of nitrogens with one attached hydrogen (secondary N) is 1. The molecule has 0 spiro atoms. The van der Waals surface area contributed by atoms with Crippen LogP contribution in [0.4, 0.5) is 13.2 Å². The molecular weight excluding hydrogens is 271 g/mol. The molecule has 1 aromatic heterocycles. The van der Waals surface area contributed by atoms with Crippen molar-refractivity contribution in [1.82, 2.24) is 5.32 Å². The summed E-state index contributed by atoms with van der Waals surface area (Å²) in [6.07, 6.45) is -3.10. The number of ether oxygens (including phenoxy) is 1. The van der Waals surface area contributed by atoms with E-state index < -0.39 is 6.36 Å². The van der Waals surface area contributed by atoms with Gasteiger partial charge in [-0.15, -0.1) is 13.2 Å². The van der Waals surface area contributed by atoms with E-state index in [1.807, 2.05) is 13.0 Å². The summed E-state index contributed by atoms with van der Waals surface area (Å²) in [5.41, 5.74) is 0.699. The Morgan fingerprint density at radius 2 is 2.05 bits per heavy atom. The van der Waals surface area contributed by atoms with Crippen molar-refractivity contribution in [2.45, 2.75) is 25.9 Å². The van der Waals surface area contributed by atoms with Gasteiger partial charge < -0.3 is 14.5 Å². The van der Waals surface area contributed by atoms with Crippen LogP contribution in [0.5, 0.6) is 5.75 Å². The van der Waals surface area contributed by atoms with E-state index in [0.717, 1.165) is 5.76 Å². The van der Waals surface area contributed by atoms with Crippen LogP contribution in [0, 0.1) is 0 Å². The predicted molar refractivity (Wildman–Crippen MR) is 67.1 cm³/mol. The van der Waals surface area contributed by atoms with Gasteiger partial charge in [0.1, 0.15) is 11.5 Å². The molecule has 0 fully saturated rings. The molecule has 0 unspecified atom stereocenters. The summed E-state index contributed by atoms with van der Waals surface area (Å²) in [4.78, 5) is 0. The number of halogens is 3. The van der Waals surface area contributed by atoms with Crippen LogP contribution in [0.2, 0.25) is 0 Å². The van der Waals surface area contributed by atoms with Gasteiger partial charge in [0.15, 0.2) is 0 Å². The molecule has 1 N–H and O–H groups in total. The van der Waals surface area contributed by atoms with Crippen molar-refractivity contribution >= 4 is 0 Å². The molecular formula is C14H14F3NO2. The third-order valence-electron chi connectivity index (χ3n) is 2.71. The highest BCUT2D eigenvalue weighted by atomic mass is 19.4. The van der Waals surface area contributed by atoms with Crippen molar-refractivity contribution in [3.05, 3.63) is 54.0 Å². The molecule has 0 saturated carbocycles. The summed E-state index contributed by atoms with van der Waals surface area (Å²) in [6, 6.07) is 9.46. The summed E-state index contributed by atoms with van der Waals surface area (Å²) in [5, 5.41) is 3.16. The van der Waals surface area contributed by atoms with Gasteiger partial charge in [-0.1, -0.05) is 12.1 Å². The lowest BCUT2D eigenvalue weighted by molar-refractivity contribution is -0.274. The fraction of sp³-hybridized carbons (Fsp3) is 0.286. The maximum atomic E-state index is 12.1. The Morgan fingerprint density at radius 3 is 2.70 bits per heavy atom. The van der Waals surface area contributed by atoms with Crippen LogP contribution in [0.15, 0.2) is 47.1 Å². The smallest absolute Gasteiger partial charge is 0.468 e. The van der Waals surface area contributed by atoms with Crippen LogP contribution >= 0.6 is 0 Å². The van der Waals surface area contributed by atoms with Gasteiger partial charge in [0.2, 0.25) is 0 Å². The second-order valence-corrected chi connectivity index (χ2v) is 4.31. The molecule has 3 nitrogen and oxygen atoms in total. The Hall–Kier alpha value is -1.95. The Kier molecular flexibility index (Phi) is 4.34. The van der Waals surface area contributed by atoms with E-state index in [1.54, 1.807) is 18.4 Å². The molecule has 0 aliphatic rings. The molecule has 1 aromatic carbocycles. The van der Waals surface area contributed by atoms with Crippen molar-refractivity contribution in [2.75, 3.05) is 0 Å². The number of hydrogen-bond donors (Lipinski definition) is 1. The van der Waals surface area contributed by atoms with Gasteiger partial charge in [-0.3, -0.25) is 0 Å². The zero-order valence-electron chi connectivity index (χ0n) is 10.8. The third-order valence-corrected chi connectivity index (χ3v) is 2.71. The number of hydrogen-bond acceptors (Lipinski definition) is 3. The molecule has 0 amide bonds. The van der Waals surface area contributed by atoms with E-state index >= 15 is 0 Å². The number of alkyl halides is 3. The van der Waals surface area contributed by atoms with Crippen LogP contribution < -0.4 is 10.1 Å². The predicted octanol–water partition coefficient (Wildman–Crippen LogP) is 4.03. The van der Waals surface area contributed by atoms with Gasteiger partial charge in [0.05, 0.1) is 12.3 Å². The summed E-state index contributed by atoms with van der Waals surface area (Å²) < 4.78 is 45.5. The second-order valence-electron chi connectivity index (χ2n) is 4.31. The molecule has 0 aliphatic heterocycles. The van der Waals surface area contributed by atoms with Crippen LogP contribution in [0.25, 0.3) is 0 Å². The third kappa shape index (κ3) is 4.31. The van der Waals surface area contributed by atoms with Crippen LogP contribution in [-0.2, 0) is 6.54 Å². The first kappa shape index (κ1) is 14.5. The molecule has 0 radical (unpaired) electrons. The van der Waals surface area contributed by atoms with E-state index in [9.17, 15) is 13.2 Å². The van der Waals surface area contributed by atoms with Gasteiger partial charge in [0, 0.05) is 6.54 Å². The van der Waals surface area contributed by atoms with Gasteiger partial charge in [0.25, 0.3) is 0 Å². The first-order chi connectivity index (χ1) is 9.44. The summed E-state index contributed by atoms with van der Waals surface area (Å²) in [5.74, 6) is 0.551. The van der Waals surface area contributed by atoms with E-state index in [0.29, 0.717) is 12.1 Å². The van der Waals surface area contributed by atoms with Crippen molar-refractivity contribution < 1.29 is 22.3 Å². The highest BCUT2D eigenvalue weighted by Gasteiger charge is 2.31. The summed E-state index contributed by atoms with van der Waals surface area (Å²) >= 11 is 0. The number of furan rings is 1. The molecule has 20 heavy (non-hydrogen) atoms. The number of benzene rings is 1. The van der Waals surface area contributed by atoms with Gasteiger partial charge >= 0.3 is 6.36 Å². The minimum absolute atomic E-state index is 0.0304. The zero-order chi connectivity index (χ0) is 14.6. The van der Waals surface area contributed by atoms with Crippen molar-refractivity contribution in [1.29, 1.82) is 0 Å². The monoisotopic (exact) mass is 285 g/mol. The minimum atomic E-state index is -4.67. The maximum Gasteiger partial charge on any atom is 0.573 e. The van der Waals surface area contributed by atoms with Crippen LogP contribution in [0.1, 0.15) is 24.3 Å². The van der Waals surface area contributed by atoms with E-state index in [1.165, 1.54) is 18.2 Å². The van der Waals surface area contributed by atoms with Gasteiger partial charge in [-0.25, -0.2) is 0 Å². The standard InChI is InChI=1S/C14H14F3NO2/c1-10(13-6-3-7-19-13)18-9-11-4-2-5-12(8-11)20-14(15,16)17/h2-8,10,18H,9H2,1H3/t10-/m0/s1. The average molecular weight is 285 g/mol. The van der Waals surface area contributed by atoms with Crippen molar-refractivity contribution in [2.24, 2.45) is 0 Å². The molecule has 6 heteroatoms. The van der Waals surface area contributed by atoms with E-state index in [4.69, 9.17) is 4.42 Å². The first-order valence-electron chi connectivity index (χ1n) is 6.05. The Balaban J connectivity index is 1.94. The molecule has 0 saturated heterocycles. The highest BCUT2D eigenvalue weighted by Crippen LogP contribution is 2.23. The van der Waals surface area contributed by atoms with Gasteiger partial charge in [-0.05, 0) is 36.8 Å². The average Bonchev–Trinajstić information content (AvgIpc) is 2.88. The molecule has 2 rings (SSSR count). The van der Waals surface area contributed by atoms with E-state index in [-0.39, 0.29) is 11.8 Å². The minimum Gasteiger partial charge on any atom is -0.468 e. The maximum absolute atomic E-state index is 12.1. The molecule has 0 bridgehead atoms. The molecule has 1 atom stereocenters. The normalized spacial score (nSPS) is 13.2. The molecule has 108 valence electrons. The first-order valence-corrected chi connectivity index (χ1v) is 6.05. The molecule has 1 heterocycles. The lowest BCUT2D eigenvalue weighted by Crippen LogP contribution is -2.19. The van der Waals surface area contributed by atoms with Crippen LogP contribution in [0.3, 0.4) is 0 Å². The topological polar surface area (TPSA) is 34.4 Å². The zero-order valence-corrected chi connectivity index (χ0v) is 10.8. The van der Waals surface area contributed by atoms with E-state index in [2.05, 4.69) is 10.1 Å². The summed E-state index contributed by atoms with van der Waals surface area (Å²) in [7, 11) is 0. The summed E-state index contributed by atoms with van der Waals surface area (Å²) in [6.45, 7) is 2.33. The Bertz CT molecular complexity index is 538. The Labute approximate surface area is 114 Å². The van der Waals surface area contributed by atoms with Crippen molar-refractivity contribution in [3.8, 4) is 5.75 Å². The van der Waals surface area contributed by atoms with Gasteiger partial charge in [-0.2, -0.15) is 0 Å². The fourth-order valence-electron chi connectivity index (χ4n) is 1.76. The largest absolute Gasteiger partial charge is 0.573 e.